The number of nitrogens with one attached hydrogen (secondary N) is 2. The molecule has 3 atom stereocenters. The molecule has 32 heavy (non-hydrogen) atoms. The zero-order chi connectivity index (χ0) is 22.1. The van der Waals surface area contributed by atoms with E-state index in [0.717, 1.165) is 21.8 Å². The molecule has 3 heterocycles. The summed E-state index contributed by atoms with van der Waals surface area (Å²) in [6, 6.07) is 15.1. The summed E-state index contributed by atoms with van der Waals surface area (Å²) in [5.74, 6) is -0.369. The van der Waals surface area contributed by atoms with Crippen molar-refractivity contribution in [2.24, 2.45) is 0 Å². The normalized spacial score (nSPS) is 22.7. The molecule has 8 heteroatoms. The number of carbonyl (C=O) groups excluding carboxylic acids is 2. The van der Waals surface area contributed by atoms with Gasteiger partial charge in [-0.05, 0) is 36.2 Å². The van der Waals surface area contributed by atoms with Gasteiger partial charge in [-0.2, -0.15) is 0 Å². The van der Waals surface area contributed by atoms with Gasteiger partial charge in [0.2, 0.25) is 11.8 Å². The van der Waals surface area contributed by atoms with Crippen molar-refractivity contribution >= 4 is 23.2 Å². The van der Waals surface area contributed by atoms with Crippen molar-refractivity contribution in [2.75, 3.05) is 6.54 Å². The Morgan fingerprint density at radius 2 is 1.91 bits per heavy atom. The quantitative estimate of drug-likeness (QED) is 0.606. The lowest BCUT2D eigenvalue weighted by molar-refractivity contribution is -0.147. The summed E-state index contributed by atoms with van der Waals surface area (Å²) < 4.78 is 13.1. The Balaban J connectivity index is 1.19. The van der Waals surface area contributed by atoms with Gasteiger partial charge in [-0.3, -0.25) is 9.59 Å². The SMILES string of the molecule is O=C1N[C@@H](Cc2ccccc2)C(=O)N2C[C@@H](NCc3nc(-c4ccc(F)cc4)cs3)C[C@@H]12. The number of carbonyl (C=O) groups is 2. The fourth-order valence-electron chi connectivity index (χ4n) is 4.37. The molecule has 6 nitrogen and oxygen atoms in total. The maximum Gasteiger partial charge on any atom is 0.246 e. The lowest BCUT2D eigenvalue weighted by Gasteiger charge is -2.34. The van der Waals surface area contributed by atoms with Crippen molar-refractivity contribution in [3.63, 3.8) is 0 Å². The topological polar surface area (TPSA) is 74.3 Å². The number of hydrogen-bond donors (Lipinski definition) is 2. The minimum Gasteiger partial charge on any atom is -0.342 e. The van der Waals surface area contributed by atoms with Gasteiger partial charge in [0, 0.05) is 36.5 Å². The molecular formula is C24H23FN4O2S. The summed E-state index contributed by atoms with van der Waals surface area (Å²) in [7, 11) is 0. The van der Waals surface area contributed by atoms with Crippen LogP contribution in [0.4, 0.5) is 4.39 Å². The number of rotatable bonds is 6. The number of piperazine rings is 1. The minimum absolute atomic E-state index is 0.0180. The average molecular weight is 451 g/mol. The number of amides is 2. The van der Waals surface area contributed by atoms with Crippen LogP contribution in [0.15, 0.2) is 60.0 Å². The molecule has 0 unspecified atom stereocenters. The molecule has 2 aliphatic rings. The van der Waals surface area contributed by atoms with Crippen LogP contribution in [0.2, 0.25) is 0 Å². The second kappa shape index (κ2) is 8.80. The van der Waals surface area contributed by atoms with E-state index in [1.54, 1.807) is 17.0 Å². The molecule has 0 aliphatic carbocycles. The number of benzene rings is 2. The molecule has 0 spiro atoms. The third-order valence-electron chi connectivity index (χ3n) is 6.02. The summed E-state index contributed by atoms with van der Waals surface area (Å²) in [5.41, 5.74) is 2.71. The van der Waals surface area contributed by atoms with Crippen molar-refractivity contribution < 1.29 is 14.0 Å². The van der Waals surface area contributed by atoms with Gasteiger partial charge in [-0.25, -0.2) is 9.37 Å². The molecule has 2 saturated heterocycles. The van der Waals surface area contributed by atoms with Crippen LogP contribution in [0, 0.1) is 5.82 Å². The first-order valence-corrected chi connectivity index (χ1v) is 11.5. The standard InChI is InChI=1S/C24H23FN4O2S/c25-17-8-6-16(7-9-17)20-14-32-22(27-20)12-26-18-11-21-23(30)28-19(24(31)29(21)13-18)10-15-4-2-1-3-5-15/h1-9,14,18-19,21,26H,10-13H2,(H,28,30)/t18-,19-,21-/m0/s1. The van der Waals surface area contributed by atoms with Crippen LogP contribution in [-0.2, 0) is 22.6 Å². The Bertz CT molecular complexity index is 1120. The summed E-state index contributed by atoms with van der Waals surface area (Å²) >= 11 is 1.53. The molecule has 0 radical (unpaired) electrons. The van der Waals surface area contributed by atoms with E-state index in [4.69, 9.17) is 0 Å². The van der Waals surface area contributed by atoms with E-state index in [1.807, 2.05) is 35.7 Å². The van der Waals surface area contributed by atoms with Gasteiger partial charge in [-0.1, -0.05) is 30.3 Å². The molecular weight excluding hydrogens is 427 g/mol. The van der Waals surface area contributed by atoms with Crippen molar-refractivity contribution in [3.05, 3.63) is 76.4 Å². The smallest absolute Gasteiger partial charge is 0.246 e. The van der Waals surface area contributed by atoms with Gasteiger partial charge in [0.25, 0.3) is 0 Å². The highest BCUT2D eigenvalue weighted by Gasteiger charge is 2.46. The third kappa shape index (κ3) is 4.28. The van der Waals surface area contributed by atoms with Crippen LogP contribution < -0.4 is 10.6 Å². The first-order valence-electron chi connectivity index (χ1n) is 10.7. The molecule has 2 amide bonds. The highest BCUT2D eigenvalue weighted by molar-refractivity contribution is 7.09. The van der Waals surface area contributed by atoms with Crippen molar-refractivity contribution in [1.29, 1.82) is 0 Å². The fourth-order valence-corrected chi connectivity index (χ4v) is 5.13. The Kier molecular flexibility index (Phi) is 5.71. The third-order valence-corrected chi connectivity index (χ3v) is 6.87. The molecule has 1 aromatic heterocycles. The molecule has 2 aromatic carbocycles. The van der Waals surface area contributed by atoms with E-state index in [9.17, 15) is 14.0 Å². The zero-order valence-electron chi connectivity index (χ0n) is 17.3. The van der Waals surface area contributed by atoms with Gasteiger partial charge in [0.15, 0.2) is 0 Å². The number of aromatic nitrogens is 1. The number of fused-ring (bicyclic) bond motifs is 1. The Morgan fingerprint density at radius 3 is 2.69 bits per heavy atom. The summed E-state index contributed by atoms with van der Waals surface area (Å²) in [4.78, 5) is 32.0. The molecule has 5 rings (SSSR count). The minimum atomic E-state index is -0.517. The Labute approximate surface area is 189 Å². The van der Waals surface area contributed by atoms with Crippen LogP contribution in [0.3, 0.4) is 0 Å². The second-order valence-electron chi connectivity index (χ2n) is 8.20. The summed E-state index contributed by atoms with van der Waals surface area (Å²) in [5, 5.41) is 9.22. The number of halogens is 1. The molecule has 0 saturated carbocycles. The van der Waals surface area contributed by atoms with Crippen LogP contribution in [0.1, 0.15) is 17.0 Å². The predicted molar refractivity (Wildman–Crippen MR) is 120 cm³/mol. The van der Waals surface area contributed by atoms with Crippen LogP contribution in [-0.4, -0.2) is 46.4 Å². The number of thiazole rings is 1. The molecule has 0 bridgehead atoms. The number of nitrogens with zero attached hydrogens (tertiary/aromatic N) is 2. The van der Waals surface area contributed by atoms with Crippen molar-refractivity contribution in [3.8, 4) is 11.3 Å². The van der Waals surface area contributed by atoms with E-state index in [1.165, 1.54) is 23.5 Å². The van der Waals surface area contributed by atoms with E-state index >= 15 is 0 Å². The average Bonchev–Trinajstić information content (AvgIpc) is 3.45. The van der Waals surface area contributed by atoms with Gasteiger partial charge in [-0.15, -0.1) is 11.3 Å². The highest BCUT2D eigenvalue weighted by Crippen LogP contribution is 2.25. The molecule has 3 aromatic rings. The fraction of sp³-hybridized carbons (Fsp3) is 0.292. The predicted octanol–water partition coefficient (Wildman–Crippen LogP) is 2.75. The highest BCUT2D eigenvalue weighted by atomic mass is 32.1. The van der Waals surface area contributed by atoms with Gasteiger partial charge in [0.1, 0.15) is 22.9 Å². The van der Waals surface area contributed by atoms with Gasteiger partial charge >= 0.3 is 0 Å². The van der Waals surface area contributed by atoms with Crippen LogP contribution in [0.5, 0.6) is 0 Å². The largest absolute Gasteiger partial charge is 0.342 e. The monoisotopic (exact) mass is 450 g/mol. The first-order chi connectivity index (χ1) is 15.6. The lowest BCUT2D eigenvalue weighted by atomic mass is 10.0. The molecule has 2 N–H and O–H groups in total. The number of hydrogen-bond acceptors (Lipinski definition) is 5. The van der Waals surface area contributed by atoms with E-state index in [2.05, 4.69) is 15.6 Å². The first kappa shape index (κ1) is 20.8. The van der Waals surface area contributed by atoms with E-state index < -0.39 is 12.1 Å². The second-order valence-corrected chi connectivity index (χ2v) is 9.15. The van der Waals surface area contributed by atoms with Crippen molar-refractivity contribution in [2.45, 2.75) is 37.5 Å². The van der Waals surface area contributed by atoms with E-state index in [0.29, 0.717) is 25.9 Å². The Morgan fingerprint density at radius 1 is 1.12 bits per heavy atom. The maximum atomic E-state index is 13.1. The van der Waals surface area contributed by atoms with Gasteiger partial charge < -0.3 is 15.5 Å². The molecule has 164 valence electrons. The van der Waals surface area contributed by atoms with Crippen molar-refractivity contribution in [1.82, 2.24) is 20.5 Å². The van der Waals surface area contributed by atoms with E-state index in [-0.39, 0.29) is 23.7 Å². The maximum absolute atomic E-state index is 13.1. The van der Waals surface area contributed by atoms with Crippen LogP contribution in [0.25, 0.3) is 11.3 Å². The summed E-state index contributed by atoms with van der Waals surface area (Å²) in [6.45, 7) is 1.07. The summed E-state index contributed by atoms with van der Waals surface area (Å²) in [6.07, 6.45) is 1.09. The molecule has 2 aliphatic heterocycles. The lowest BCUT2D eigenvalue weighted by Crippen LogP contribution is -2.61. The zero-order valence-corrected chi connectivity index (χ0v) is 18.1. The van der Waals surface area contributed by atoms with Gasteiger partial charge in [0.05, 0.1) is 5.69 Å². The molecule has 2 fully saturated rings. The van der Waals surface area contributed by atoms with Crippen LogP contribution >= 0.6 is 11.3 Å². The Hall–Kier alpha value is -3.10.